The van der Waals surface area contributed by atoms with Crippen molar-refractivity contribution in [3.05, 3.63) is 12.4 Å². The molecule has 0 aliphatic carbocycles. The van der Waals surface area contributed by atoms with E-state index in [9.17, 15) is 0 Å². The van der Waals surface area contributed by atoms with Crippen LogP contribution in [0.5, 0.6) is 0 Å². The summed E-state index contributed by atoms with van der Waals surface area (Å²) in [6, 6.07) is 0. The highest BCUT2D eigenvalue weighted by atomic mass is 16.4. The fraction of sp³-hybridized carbons (Fsp3) is 0. The van der Waals surface area contributed by atoms with E-state index in [-0.39, 0.29) is 11.4 Å². The number of hydrogen-bond acceptors (Lipinski definition) is 5. The monoisotopic (exact) mass is 139 g/mol. The number of aromatic nitrogens is 2. The van der Waals surface area contributed by atoms with Crippen molar-refractivity contribution in [3.8, 4) is 0 Å². The quantitative estimate of drug-likeness (QED) is 0.382. The molecule has 0 radical (unpaired) electrons. The van der Waals surface area contributed by atoms with E-state index in [1.165, 1.54) is 12.4 Å². The number of nitrogens with two attached hydrogens (primary N) is 1. The lowest BCUT2D eigenvalue weighted by molar-refractivity contribution is 0.424. The molecule has 4 N–H and O–H groups in total. The van der Waals surface area contributed by atoms with Crippen molar-refractivity contribution in [2.45, 2.75) is 0 Å². The summed E-state index contributed by atoms with van der Waals surface area (Å²) in [5.41, 5.74) is 5.28. The van der Waals surface area contributed by atoms with E-state index in [0.29, 0.717) is 0 Å². The second-order valence-electron chi connectivity index (χ2n) is 1.74. The SMILES string of the molecule is Nc1cnc(B(O)O)cn1. The Bertz CT molecular complexity index is 212. The Morgan fingerprint density at radius 3 is 2.40 bits per heavy atom. The molecule has 0 fully saturated rings. The van der Waals surface area contributed by atoms with Gasteiger partial charge in [-0.15, -0.1) is 0 Å². The van der Waals surface area contributed by atoms with E-state index >= 15 is 0 Å². The molecule has 0 aliphatic rings. The maximum absolute atomic E-state index is 8.53. The van der Waals surface area contributed by atoms with Gasteiger partial charge in [0.15, 0.2) is 0 Å². The van der Waals surface area contributed by atoms with Crippen LogP contribution < -0.4 is 11.3 Å². The van der Waals surface area contributed by atoms with Gasteiger partial charge in [0, 0.05) is 6.20 Å². The molecule has 0 aromatic carbocycles. The molecule has 0 amide bonds. The molecule has 0 saturated heterocycles. The third-order valence-corrected chi connectivity index (χ3v) is 0.956. The Morgan fingerprint density at radius 2 is 2.00 bits per heavy atom. The number of anilines is 1. The van der Waals surface area contributed by atoms with Crippen LogP contribution in [-0.2, 0) is 0 Å². The zero-order valence-corrected chi connectivity index (χ0v) is 5.10. The molecule has 0 bridgehead atoms. The summed E-state index contributed by atoms with van der Waals surface area (Å²) < 4.78 is 0. The molecule has 52 valence electrons. The van der Waals surface area contributed by atoms with E-state index in [4.69, 9.17) is 15.8 Å². The first-order valence-corrected chi connectivity index (χ1v) is 2.63. The predicted molar refractivity (Wildman–Crippen MR) is 36.3 cm³/mol. The van der Waals surface area contributed by atoms with E-state index < -0.39 is 7.12 Å². The van der Waals surface area contributed by atoms with Gasteiger partial charge in [0.2, 0.25) is 0 Å². The van der Waals surface area contributed by atoms with Crippen LogP contribution in [0.15, 0.2) is 12.4 Å². The Labute approximate surface area is 57.7 Å². The van der Waals surface area contributed by atoms with E-state index in [0.717, 1.165) is 0 Å². The molecule has 0 aliphatic heterocycles. The van der Waals surface area contributed by atoms with Crippen LogP contribution in [0.3, 0.4) is 0 Å². The third-order valence-electron chi connectivity index (χ3n) is 0.956. The fourth-order valence-electron chi connectivity index (χ4n) is 0.481. The van der Waals surface area contributed by atoms with Gasteiger partial charge in [0.25, 0.3) is 0 Å². The van der Waals surface area contributed by atoms with Crippen molar-refractivity contribution >= 4 is 18.5 Å². The van der Waals surface area contributed by atoms with E-state index in [2.05, 4.69) is 9.97 Å². The Balaban J connectivity index is 2.89. The van der Waals surface area contributed by atoms with Crippen LogP contribution in [0, 0.1) is 0 Å². The molecule has 6 heteroatoms. The van der Waals surface area contributed by atoms with Crippen molar-refractivity contribution in [2.24, 2.45) is 0 Å². The second kappa shape index (κ2) is 2.63. The average Bonchev–Trinajstić information content (AvgIpc) is 1.88. The van der Waals surface area contributed by atoms with Crippen molar-refractivity contribution in [1.82, 2.24) is 9.97 Å². The smallest absolute Gasteiger partial charge is 0.422 e. The zero-order chi connectivity index (χ0) is 7.56. The van der Waals surface area contributed by atoms with Gasteiger partial charge in [-0.3, -0.25) is 4.98 Å². The average molecular weight is 139 g/mol. The zero-order valence-electron chi connectivity index (χ0n) is 5.10. The van der Waals surface area contributed by atoms with Gasteiger partial charge >= 0.3 is 7.12 Å². The van der Waals surface area contributed by atoms with Crippen LogP contribution in [0.25, 0.3) is 0 Å². The number of nitrogens with zero attached hydrogens (tertiary/aromatic N) is 2. The summed E-state index contributed by atoms with van der Waals surface area (Å²) in [5.74, 6) is 0.254. The first-order chi connectivity index (χ1) is 4.70. The molecule has 5 nitrogen and oxygen atoms in total. The summed E-state index contributed by atoms with van der Waals surface area (Å²) in [5, 5.41) is 17.1. The maximum Gasteiger partial charge on any atom is 0.509 e. The van der Waals surface area contributed by atoms with E-state index in [1.807, 2.05) is 0 Å². The minimum atomic E-state index is -1.58. The minimum absolute atomic E-state index is 0.0919. The Morgan fingerprint density at radius 1 is 1.30 bits per heavy atom. The predicted octanol–water partition coefficient (Wildman–Crippen LogP) is -2.26. The van der Waals surface area contributed by atoms with E-state index in [1.54, 1.807) is 0 Å². The Hall–Kier alpha value is -1.14. The molecule has 1 aromatic heterocycles. The normalized spacial score (nSPS) is 9.40. The highest BCUT2D eigenvalue weighted by molar-refractivity contribution is 6.57. The summed E-state index contributed by atoms with van der Waals surface area (Å²) in [4.78, 5) is 7.19. The van der Waals surface area contributed by atoms with Crippen molar-refractivity contribution < 1.29 is 10.0 Å². The molecule has 0 saturated carbocycles. The van der Waals surface area contributed by atoms with Gasteiger partial charge in [-0.2, -0.15) is 0 Å². The minimum Gasteiger partial charge on any atom is -0.422 e. The molecule has 0 spiro atoms. The van der Waals surface area contributed by atoms with Crippen LogP contribution >= 0.6 is 0 Å². The third kappa shape index (κ3) is 1.43. The van der Waals surface area contributed by atoms with Crippen LogP contribution in [0.2, 0.25) is 0 Å². The molecular weight excluding hydrogens is 133 g/mol. The molecule has 0 unspecified atom stereocenters. The summed E-state index contributed by atoms with van der Waals surface area (Å²) in [6.45, 7) is 0. The van der Waals surface area contributed by atoms with Gasteiger partial charge in [-0.25, -0.2) is 4.98 Å². The van der Waals surface area contributed by atoms with Crippen molar-refractivity contribution in [1.29, 1.82) is 0 Å². The van der Waals surface area contributed by atoms with Gasteiger partial charge in [0.1, 0.15) is 5.82 Å². The highest BCUT2D eigenvalue weighted by Gasteiger charge is 2.11. The molecule has 0 atom stereocenters. The van der Waals surface area contributed by atoms with Gasteiger partial charge in [-0.1, -0.05) is 0 Å². The lowest BCUT2D eigenvalue weighted by Gasteiger charge is -1.95. The van der Waals surface area contributed by atoms with Crippen molar-refractivity contribution in [2.75, 3.05) is 5.73 Å². The van der Waals surface area contributed by atoms with Crippen molar-refractivity contribution in [3.63, 3.8) is 0 Å². The molecule has 1 rings (SSSR count). The number of rotatable bonds is 1. The number of nitrogen functional groups attached to an aromatic ring is 1. The topological polar surface area (TPSA) is 92.3 Å². The summed E-state index contributed by atoms with van der Waals surface area (Å²) >= 11 is 0. The molecule has 1 aromatic rings. The number of hydrogen-bond donors (Lipinski definition) is 3. The van der Waals surface area contributed by atoms with Gasteiger partial charge < -0.3 is 15.8 Å². The second-order valence-corrected chi connectivity index (χ2v) is 1.74. The van der Waals surface area contributed by atoms with Crippen LogP contribution in [0.4, 0.5) is 5.82 Å². The highest BCUT2D eigenvalue weighted by Crippen LogP contribution is 1.85. The first-order valence-electron chi connectivity index (χ1n) is 2.63. The fourth-order valence-corrected chi connectivity index (χ4v) is 0.481. The first kappa shape index (κ1) is 6.98. The largest absolute Gasteiger partial charge is 0.509 e. The Kier molecular flexibility index (Phi) is 1.84. The molecule has 1 heterocycles. The molecular formula is C4H6BN3O2. The van der Waals surface area contributed by atoms with Gasteiger partial charge in [0.05, 0.1) is 11.8 Å². The summed E-state index contributed by atoms with van der Waals surface area (Å²) in [6.07, 6.45) is 2.47. The lowest BCUT2D eigenvalue weighted by Crippen LogP contribution is -2.32. The van der Waals surface area contributed by atoms with Crippen LogP contribution in [-0.4, -0.2) is 27.1 Å². The van der Waals surface area contributed by atoms with Crippen LogP contribution in [0.1, 0.15) is 0 Å². The standard InChI is InChI=1S/C4H6BN3O2/c6-4-2-7-3(1-8-4)5(9)10/h1-2,9-10H,(H2,6,8). The van der Waals surface area contributed by atoms with Gasteiger partial charge in [-0.05, 0) is 0 Å². The maximum atomic E-state index is 8.53. The summed E-state index contributed by atoms with van der Waals surface area (Å²) in [7, 11) is -1.58. The lowest BCUT2D eigenvalue weighted by atomic mass is 9.87. The molecule has 10 heavy (non-hydrogen) atoms.